The summed E-state index contributed by atoms with van der Waals surface area (Å²) in [7, 11) is -2.55. The molecule has 1 aliphatic rings. The van der Waals surface area contributed by atoms with E-state index in [0.717, 1.165) is 6.07 Å². The number of hydrogen-bond acceptors (Lipinski definition) is 7. The molecule has 0 bridgehead atoms. The minimum Gasteiger partial charge on any atom is -0.329 e. The molecule has 9 nitrogen and oxygen atoms in total. The zero-order valence-electron chi connectivity index (χ0n) is 16.5. The summed E-state index contributed by atoms with van der Waals surface area (Å²) in [6.45, 7) is 1.65. The molecule has 0 spiro atoms. The van der Waals surface area contributed by atoms with Crippen LogP contribution < -0.4 is 10.0 Å². The summed E-state index contributed by atoms with van der Waals surface area (Å²) < 4.78 is 53.4. The van der Waals surface area contributed by atoms with E-state index in [4.69, 9.17) is 0 Å². The van der Waals surface area contributed by atoms with Crippen LogP contribution in [0, 0.1) is 5.82 Å². The Balaban J connectivity index is 1.60. The van der Waals surface area contributed by atoms with Gasteiger partial charge >= 0.3 is 0 Å². The summed E-state index contributed by atoms with van der Waals surface area (Å²) in [6, 6.07) is 5.98. The van der Waals surface area contributed by atoms with Gasteiger partial charge in [-0.3, -0.25) is 4.79 Å². The lowest BCUT2D eigenvalue weighted by atomic mass is 10.0. The van der Waals surface area contributed by atoms with Crippen molar-refractivity contribution in [1.29, 1.82) is 0 Å². The van der Waals surface area contributed by atoms with Crippen molar-refractivity contribution in [3.05, 3.63) is 48.0 Å². The number of rotatable bonds is 5. The summed E-state index contributed by atoms with van der Waals surface area (Å²) in [6.07, 6.45) is 0.403. The Labute approximate surface area is 176 Å². The molecule has 0 saturated carbocycles. The highest BCUT2D eigenvalue weighted by Gasteiger charge is 2.39. The molecule has 0 aliphatic carbocycles. The number of anilines is 2. The Morgan fingerprint density at radius 2 is 2.00 bits per heavy atom. The molecule has 1 aliphatic heterocycles. The second-order valence-electron chi connectivity index (χ2n) is 6.99. The predicted octanol–water partition coefficient (Wildman–Crippen LogP) is 2.00. The summed E-state index contributed by atoms with van der Waals surface area (Å²) in [4.78, 5) is 26.2. The predicted molar refractivity (Wildman–Crippen MR) is 109 cm³/mol. The molecule has 0 unspecified atom stereocenters. The molecular formula is C19H18F2N6O3S. The molecule has 1 aromatic carbocycles. The number of halogens is 2. The van der Waals surface area contributed by atoms with Crippen molar-refractivity contribution in [3.63, 3.8) is 0 Å². The summed E-state index contributed by atoms with van der Waals surface area (Å²) in [5, 5.41) is 3.22. The van der Waals surface area contributed by atoms with Gasteiger partial charge in [-0.05, 0) is 44.3 Å². The maximum Gasteiger partial charge on any atom is 0.272 e. The fourth-order valence-corrected chi connectivity index (χ4v) is 3.81. The van der Waals surface area contributed by atoms with E-state index in [0.29, 0.717) is 5.39 Å². The third-order valence-corrected chi connectivity index (χ3v) is 6.49. The minimum atomic E-state index is -3.78. The molecule has 2 aromatic heterocycles. The summed E-state index contributed by atoms with van der Waals surface area (Å²) in [5.41, 5.74) is 0.275. The largest absolute Gasteiger partial charge is 0.329 e. The Morgan fingerprint density at radius 3 is 2.65 bits per heavy atom. The van der Waals surface area contributed by atoms with Gasteiger partial charge in [0.25, 0.3) is 5.91 Å². The maximum atomic E-state index is 14.4. The van der Waals surface area contributed by atoms with Gasteiger partial charge < -0.3 is 10.2 Å². The number of fused-ring (bicyclic) bond motifs is 1. The van der Waals surface area contributed by atoms with Crippen LogP contribution in [0.5, 0.6) is 0 Å². The SMILES string of the molecule is CNS(=O)(=O)c1ccc(Nc2ncc3ccc(C(=O)N4C[C@@H](F)[C@@H]4C)nc3n2)c(F)c1. The summed E-state index contributed by atoms with van der Waals surface area (Å²) >= 11 is 0. The number of nitrogens with one attached hydrogen (secondary N) is 2. The lowest BCUT2D eigenvalue weighted by Crippen LogP contribution is -2.58. The van der Waals surface area contributed by atoms with Crippen molar-refractivity contribution >= 4 is 38.6 Å². The van der Waals surface area contributed by atoms with Crippen LogP contribution in [-0.4, -0.2) is 60.0 Å². The van der Waals surface area contributed by atoms with Gasteiger partial charge in [0, 0.05) is 11.6 Å². The van der Waals surface area contributed by atoms with Crippen LogP contribution >= 0.6 is 0 Å². The number of pyridine rings is 1. The molecule has 2 atom stereocenters. The van der Waals surface area contributed by atoms with Gasteiger partial charge in [0.2, 0.25) is 16.0 Å². The Hall–Kier alpha value is -3.25. The average Bonchev–Trinajstić information content (AvgIpc) is 2.77. The normalized spacial score (nSPS) is 18.6. The van der Waals surface area contributed by atoms with Gasteiger partial charge in [0.1, 0.15) is 17.7 Å². The molecule has 2 N–H and O–H groups in total. The topological polar surface area (TPSA) is 117 Å². The number of carbonyl (C=O) groups excluding carboxylic acids is 1. The highest BCUT2D eigenvalue weighted by atomic mass is 32.2. The number of nitrogens with zero attached hydrogens (tertiary/aromatic N) is 4. The molecule has 4 rings (SSSR count). The first-order valence-corrected chi connectivity index (χ1v) is 10.8. The zero-order chi connectivity index (χ0) is 22.3. The Morgan fingerprint density at radius 1 is 1.23 bits per heavy atom. The molecule has 3 aromatic rings. The lowest BCUT2D eigenvalue weighted by Gasteiger charge is -2.41. The van der Waals surface area contributed by atoms with Crippen molar-refractivity contribution in [2.75, 3.05) is 18.9 Å². The van der Waals surface area contributed by atoms with Crippen molar-refractivity contribution < 1.29 is 22.0 Å². The zero-order valence-corrected chi connectivity index (χ0v) is 17.3. The highest BCUT2D eigenvalue weighted by Crippen LogP contribution is 2.24. The molecule has 3 heterocycles. The standard InChI is InChI=1S/C19H18F2N6O3S/c1-10-14(21)9-27(10)18(28)16-5-3-11-8-23-19(26-17(11)24-16)25-15-6-4-12(7-13(15)20)31(29,30)22-2/h3-8,10,14,22H,9H2,1-2H3,(H,23,24,25,26)/t10-,14+/m0/s1. The van der Waals surface area contributed by atoms with E-state index in [1.54, 1.807) is 13.0 Å². The van der Waals surface area contributed by atoms with Crippen LogP contribution in [0.3, 0.4) is 0 Å². The number of benzene rings is 1. The molecule has 0 radical (unpaired) electrons. The third-order valence-electron chi connectivity index (χ3n) is 5.08. The van der Waals surface area contributed by atoms with Crippen LogP contribution in [0.15, 0.2) is 41.4 Å². The van der Waals surface area contributed by atoms with Gasteiger partial charge in [-0.1, -0.05) is 0 Å². The van der Waals surface area contributed by atoms with E-state index >= 15 is 0 Å². The van der Waals surface area contributed by atoms with Gasteiger partial charge in [-0.2, -0.15) is 4.98 Å². The number of carbonyl (C=O) groups is 1. The molecule has 31 heavy (non-hydrogen) atoms. The van der Waals surface area contributed by atoms with Gasteiger partial charge in [0.05, 0.1) is 23.2 Å². The third kappa shape index (κ3) is 3.91. The molecule has 1 saturated heterocycles. The number of likely N-dealkylation sites (tertiary alicyclic amines) is 1. The second-order valence-corrected chi connectivity index (χ2v) is 8.88. The van der Waals surface area contributed by atoms with E-state index in [1.807, 2.05) is 0 Å². The van der Waals surface area contributed by atoms with E-state index in [-0.39, 0.29) is 34.4 Å². The van der Waals surface area contributed by atoms with Crippen molar-refractivity contribution in [1.82, 2.24) is 24.6 Å². The van der Waals surface area contributed by atoms with Crippen LogP contribution in [-0.2, 0) is 10.0 Å². The maximum absolute atomic E-state index is 14.4. The van der Waals surface area contributed by atoms with Crippen LogP contribution in [0.25, 0.3) is 11.0 Å². The first-order valence-electron chi connectivity index (χ1n) is 9.28. The quantitative estimate of drug-likeness (QED) is 0.613. The van der Waals surface area contributed by atoms with Gasteiger partial charge in [0.15, 0.2) is 5.65 Å². The van der Waals surface area contributed by atoms with Crippen molar-refractivity contribution in [2.24, 2.45) is 0 Å². The van der Waals surface area contributed by atoms with Crippen LogP contribution in [0.1, 0.15) is 17.4 Å². The Kier molecular flexibility index (Phi) is 5.27. The molecule has 162 valence electrons. The highest BCUT2D eigenvalue weighted by molar-refractivity contribution is 7.89. The number of hydrogen-bond donors (Lipinski definition) is 2. The van der Waals surface area contributed by atoms with Gasteiger partial charge in [-0.25, -0.2) is 31.9 Å². The molecule has 12 heteroatoms. The number of amides is 1. The number of aromatic nitrogens is 3. The van der Waals surface area contributed by atoms with Crippen molar-refractivity contribution in [2.45, 2.75) is 24.0 Å². The first kappa shape index (κ1) is 21.0. The van der Waals surface area contributed by atoms with Crippen LogP contribution in [0.2, 0.25) is 0 Å². The van der Waals surface area contributed by atoms with E-state index in [1.165, 1.54) is 36.3 Å². The molecular weight excluding hydrogens is 430 g/mol. The molecule has 1 amide bonds. The summed E-state index contributed by atoms with van der Waals surface area (Å²) in [5.74, 6) is -1.21. The van der Waals surface area contributed by atoms with E-state index in [9.17, 15) is 22.0 Å². The first-order chi connectivity index (χ1) is 14.7. The monoisotopic (exact) mass is 448 g/mol. The lowest BCUT2D eigenvalue weighted by molar-refractivity contribution is 0.00598. The fourth-order valence-electron chi connectivity index (χ4n) is 3.07. The number of sulfonamides is 1. The van der Waals surface area contributed by atoms with Gasteiger partial charge in [-0.15, -0.1) is 0 Å². The Bertz CT molecular complexity index is 1290. The fraction of sp³-hybridized carbons (Fsp3) is 0.263. The average molecular weight is 448 g/mol. The number of alkyl halides is 1. The second kappa shape index (κ2) is 7.78. The van der Waals surface area contributed by atoms with Crippen molar-refractivity contribution in [3.8, 4) is 0 Å². The van der Waals surface area contributed by atoms with Crippen LogP contribution in [0.4, 0.5) is 20.4 Å². The van der Waals surface area contributed by atoms with E-state index < -0.39 is 34.0 Å². The van der Waals surface area contributed by atoms with E-state index in [2.05, 4.69) is 25.0 Å². The molecule has 1 fully saturated rings. The smallest absolute Gasteiger partial charge is 0.272 e. The minimum absolute atomic E-state index is 0.00821.